The average molecular weight is 254 g/mol. The summed E-state index contributed by atoms with van der Waals surface area (Å²) in [5.74, 6) is 0. The summed E-state index contributed by atoms with van der Waals surface area (Å²) < 4.78 is 0.994. The Morgan fingerprint density at radius 3 is 2.79 bits per heavy atom. The van der Waals surface area contributed by atoms with E-state index in [0.29, 0.717) is 0 Å². The van der Waals surface area contributed by atoms with Gasteiger partial charge in [0.05, 0.1) is 0 Å². The molecule has 74 valence electrons. The normalized spacial score (nSPS) is 21.9. The number of oxime groups is 1. The molecule has 1 aliphatic rings. The predicted octanol–water partition coefficient (Wildman–Crippen LogP) is 3.34. The third-order valence-electron chi connectivity index (χ3n) is 1.73. The van der Waals surface area contributed by atoms with Crippen LogP contribution in [0, 0.1) is 0 Å². The van der Waals surface area contributed by atoms with Crippen molar-refractivity contribution in [1.29, 1.82) is 0 Å². The van der Waals surface area contributed by atoms with Crippen molar-refractivity contribution in [2.75, 3.05) is 7.11 Å². The lowest BCUT2D eigenvalue weighted by atomic mass is 10.0. The van der Waals surface area contributed by atoms with Crippen molar-refractivity contribution in [3.63, 3.8) is 0 Å². The Kier molecular flexibility index (Phi) is 3.89. The molecule has 1 aliphatic carbocycles. The zero-order chi connectivity index (χ0) is 10.6. The first-order valence-corrected chi connectivity index (χ1v) is 4.98. The number of nitrogens with zero attached hydrogens (tertiary/aromatic N) is 1. The van der Waals surface area contributed by atoms with Crippen LogP contribution in [0.2, 0.25) is 0 Å². The van der Waals surface area contributed by atoms with Gasteiger partial charge in [0.25, 0.3) is 0 Å². The van der Waals surface area contributed by atoms with Crippen molar-refractivity contribution < 1.29 is 4.84 Å². The van der Waals surface area contributed by atoms with E-state index < -0.39 is 0 Å². The number of hydrogen-bond donors (Lipinski definition) is 0. The minimum atomic E-state index is 0.805. The van der Waals surface area contributed by atoms with E-state index >= 15 is 0 Å². The molecule has 0 heterocycles. The lowest BCUT2D eigenvalue weighted by molar-refractivity contribution is 0.214. The molecule has 1 rings (SSSR count). The van der Waals surface area contributed by atoms with Crippen molar-refractivity contribution in [3.8, 4) is 0 Å². The number of allylic oxidation sites excluding steroid dienone is 7. The van der Waals surface area contributed by atoms with Gasteiger partial charge < -0.3 is 4.84 Å². The van der Waals surface area contributed by atoms with Crippen molar-refractivity contribution >= 4 is 21.6 Å². The highest BCUT2D eigenvalue weighted by molar-refractivity contribution is 9.12. The molecule has 0 N–H and O–H groups in total. The molecule has 3 heteroatoms. The van der Waals surface area contributed by atoms with E-state index in [9.17, 15) is 0 Å². The largest absolute Gasteiger partial charge is 0.399 e. The molecule has 0 aromatic carbocycles. The van der Waals surface area contributed by atoms with Gasteiger partial charge in [-0.2, -0.15) is 0 Å². The maximum absolute atomic E-state index is 4.77. The fraction of sp³-hybridized carbons (Fsp3) is 0.182. The first kappa shape index (κ1) is 11.0. The standard InChI is InChI=1S/C11H12BrNO/c1-4-5-9-10(12)6-8(2)7-11(9)13-14-3/h4-7H,1H2,2-3H3/b9-5-,13-11+. The Labute approximate surface area is 92.5 Å². The Bertz CT molecular complexity index is 361. The quantitative estimate of drug-likeness (QED) is 0.692. The summed E-state index contributed by atoms with van der Waals surface area (Å²) in [7, 11) is 1.54. The molecule has 0 spiro atoms. The zero-order valence-electron chi connectivity index (χ0n) is 8.25. The van der Waals surface area contributed by atoms with E-state index in [1.54, 1.807) is 6.08 Å². The fourth-order valence-electron chi connectivity index (χ4n) is 1.19. The van der Waals surface area contributed by atoms with E-state index in [1.165, 1.54) is 7.11 Å². The smallest absolute Gasteiger partial charge is 0.111 e. The summed E-state index contributed by atoms with van der Waals surface area (Å²) >= 11 is 3.47. The highest BCUT2D eigenvalue weighted by Gasteiger charge is 2.13. The Morgan fingerprint density at radius 2 is 2.21 bits per heavy atom. The third kappa shape index (κ3) is 2.45. The zero-order valence-corrected chi connectivity index (χ0v) is 9.84. The van der Waals surface area contributed by atoms with E-state index in [1.807, 2.05) is 25.2 Å². The second-order valence-electron chi connectivity index (χ2n) is 2.86. The minimum Gasteiger partial charge on any atom is -0.399 e. The van der Waals surface area contributed by atoms with Gasteiger partial charge in [-0.15, -0.1) is 0 Å². The molecule has 0 fully saturated rings. The first-order chi connectivity index (χ1) is 6.69. The molecule has 0 saturated carbocycles. The lowest BCUT2D eigenvalue weighted by Crippen LogP contribution is -2.05. The van der Waals surface area contributed by atoms with Gasteiger partial charge >= 0.3 is 0 Å². The van der Waals surface area contributed by atoms with Crippen LogP contribution in [0.3, 0.4) is 0 Å². The molecule has 0 radical (unpaired) electrons. The van der Waals surface area contributed by atoms with Crippen LogP contribution < -0.4 is 0 Å². The van der Waals surface area contributed by atoms with Gasteiger partial charge in [-0.1, -0.05) is 39.8 Å². The van der Waals surface area contributed by atoms with Crippen LogP contribution in [0.5, 0.6) is 0 Å². The van der Waals surface area contributed by atoms with Gasteiger partial charge in [0.2, 0.25) is 0 Å². The van der Waals surface area contributed by atoms with Crippen LogP contribution in [-0.2, 0) is 4.84 Å². The summed E-state index contributed by atoms with van der Waals surface area (Å²) in [5.41, 5.74) is 2.92. The van der Waals surface area contributed by atoms with Crippen LogP contribution in [0.1, 0.15) is 6.92 Å². The van der Waals surface area contributed by atoms with Crippen molar-refractivity contribution in [3.05, 3.63) is 46.5 Å². The van der Waals surface area contributed by atoms with E-state index in [4.69, 9.17) is 4.84 Å². The summed E-state index contributed by atoms with van der Waals surface area (Å²) in [6, 6.07) is 0. The topological polar surface area (TPSA) is 21.6 Å². The SMILES string of the molecule is C=C/C=C1/C(Br)=CC(C)=C/C1=N\OC. The molecule has 0 aliphatic heterocycles. The monoisotopic (exact) mass is 253 g/mol. The van der Waals surface area contributed by atoms with Crippen LogP contribution in [-0.4, -0.2) is 12.8 Å². The molecule has 0 aromatic heterocycles. The van der Waals surface area contributed by atoms with Gasteiger partial charge in [-0.25, -0.2) is 0 Å². The Balaban J connectivity index is 3.16. The second-order valence-corrected chi connectivity index (χ2v) is 3.71. The van der Waals surface area contributed by atoms with Gasteiger partial charge in [-0.3, -0.25) is 0 Å². The highest BCUT2D eigenvalue weighted by Crippen LogP contribution is 2.26. The van der Waals surface area contributed by atoms with Gasteiger partial charge in [-0.05, 0) is 24.6 Å². The summed E-state index contributed by atoms with van der Waals surface area (Å²) in [5, 5.41) is 3.94. The number of rotatable bonds is 2. The van der Waals surface area contributed by atoms with Crippen molar-refractivity contribution in [1.82, 2.24) is 0 Å². The number of halogens is 1. The average Bonchev–Trinajstić information content (AvgIpc) is 2.11. The van der Waals surface area contributed by atoms with Gasteiger partial charge in [0.1, 0.15) is 12.8 Å². The van der Waals surface area contributed by atoms with Crippen molar-refractivity contribution in [2.24, 2.45) is 5.16 Å². The Morgan fingerprint density at radius 1 is 1.50 bits per heavy atom. The van der Waals surface area contributed by atoms with E-state index in [2.05, 4.69) is 27.7 Å². The molecular weight excluding hydrogens is 242 g/mol. The predicted molar refractivity (Wildman–Crippen MR) is 63.5 cm³/mol. The first-order valence-electron chi connectivity index (χ1n) is 4.19. The lowest BCUT2D eigenvalue weighted by Gasteiger charge is -2.11. The number of hydrogen-bond acceptors (Lipinski definition) is 2. The Hall–Kier alpha value is -1.09. The minimum absolute atomic E-state index is 0.805. The summed E-state index contributed by atoms with van der Waals surface area (Å²) in [6.45, 7) is 5.67. The third-order valence-corrected chi connectivity index (χ3v) is 2.38. The molecule has 0 atom stereocenters. The van der Waals surface area contributed by atoms with Gasteiger partial charge in [0.15, 0.2) is 0 Å². The molecule has 2 nitrogen and oxygen atoms in total. The maximum Gasteiger partial charge on any atom is 0.111 e. The second kappa shape index (κ2) is 4.96. The molecule has 0 unspecified atom stereocenters. The van der Waals surface area contributed by atoms with Crippen LogP contribution >= 0.6 is 15.9 Å². The summed E-state index contributed by atoms with van der Waals surface area (Å²) in [6.07, 6.45) is 7.61. The van der Waals surface area contributed by atoms with Crippen LogP contribution in [0.15, 0.2) is 51.7 Å². The van der Waals surface area contributed by atoms with Crippen LogP contribution in [0.25, 0.3) is 0 Å². The van der Waals surface area contributed by atoms with Crippen molar-refractivity contribution in [2.45, 2.75) is 6.92 Å². The molecule has 0 saturated heterocycles. The fourth-order valence-corrected chi connectivity index (χ4v) is 1.89. The van der Waals surface area contributed by atoms with Crippen LogP contribution in [0.4, 0.5) is 0 Å². The van der Waals surface area contributed by atoms with Gasteiger partial charge in [0, 0.05) is 10.1 Å². The molecule has 14 heavy (non-hydrogen) atoms. The molecule has 0 amide bonds. The maximum atomic E-state index is 4.77. The molecule has 0 aromatic rings. The molecular formula is C11H12BrNO. The highest BCUT2D eigenvalue weighted by atomic mass is 79.9. The molecule has 0 bridgehead atoms. The summed E-state index contributed by atoms with van der Waals surface area (Å²) in [4.78, 5) is 4.77. The van der Waals surface area contributed by atoms with E-state index in [-0.39, 0.29) is 0 Å². The van der Waals surface area contributed by atoms with E-state index in [0.717, 1.165) is 21.3 Å².